The number of alkyl halides is 3. The first-order chi connectivity index (χ1) is 17.6. The number of nitrogens with zero attached hydrogens (tertiary/aromatic N) is 2. The van der Waals surface area contributed by atoms with Gasteiger partial charge in [-0.2, -0.15) is 13.2 Å². The van der Waals surface area contributed by atoms with Crippen LogP contribution in [-0.2, 0) is 20.8 Å². The maximum atomic E-state index is 14.8. The Balaban J connectivity index is 1.63. The van der Waals surface area contributed by atoms with Gasteiger partial charge in [0.2, 0.25) is 5.91 Å². The molecule has 13 heteroatoms. The molecule has 0 radical (unpaired) electrons. The van der Waals surface area contributed by atoms with Gasteiger partial charge >= 0.3 is 6.18 Å². The van der Waals surface area contributed by atoms with Gasteiger partial charge in [-0.25, -0.2) is 22.2 Å². The zero-order chi connectivity index (χ0) is 28.2. The second kappa shape index (κ2) is 9.90. The fraction of sp³-hybridized carbons (Fsp3) is 0.480. The van der Waals surface area contributed by atoms with E-state index in [1.54, 1.807) is 6.92 Å². The highest BCUT2D eigenvalue weighted by Crippen LogP contribution is 2.44. The third-order valence-electron chi connectivity index (χ3n) is 7.21. The average molecular weight is 560 g/mol. The number of hydrogen-bond acceptors (Lipinski definition) is 5. The van der Waals surface area contributed by atoms with Crippen molar-refractivity contribution < 1.29 is 40.0 Å². The number of nitrogens with one attached hydrogen (secondary N) is 1. The molecule has 1 unspecified atom stereocenters. The van der Waals surface area contributed by atoms with Crippen LogP contribution >= 0.6 is 0 Å². The highest BCUT2D eigenvalue weighted by molar-refractivity contribution is 7.90. The van der Waals surface area contributed by atoms with Crippen molar-refractivity contribution in [2.24, 2.45) is 11.8 Å². The zero-order valence-electron chi connectivity index (χ0n) is 20.7. The van der Waals surface area contributed by atoms with Crippen molar-refractivity contribution in [2.45, 2.75) is 62.4 Å². The minimum atomic E-state index is -5.08. The van der Waals surface area contributed by atoms with Gasteiger partial charge in [-0.1, -0.05) is 6.92 Å². The first-order valence-electron chi connectivity index (χ1n) is 11.9. The van der Waals surface area contributed by atoms with Gasteiger partial charge in [0.25, 0.3) is 5.91 Å². The maximum absolute atomic E-state index is 14.8. The molecule has 0 bridgehead atoms. The number of likely N-dealkylation sites (tertiary alicyclic amines) is 1. The summed E-state index contributed by atoms with van der Waals surface area (Å²) in [6.45, 7) is 3.56. The Morgan fingerprint density at radius 3 is 2.34 bits per heavy atom. The molecule has 2 aromatic rings. The number of benzene rings is 1. The van der Waals surface area contributed by atoms with E-state index in [0.29, 0.717) is 18.9 Å². The first kappa shape index (κ1) is 27.9. The SMILES string of the molecule is C[C@@H]1C[C@H](C(=O)NC(c2cc(F)c(C(F)(F)F)cc2F)C2CC2)N(C(=O)c2ccnc(S(C)(=O)=O)c2)[C@@H]1C. The molecule has 0 spiro atoms. The molecule has 2 amide bonds. The Morgan fingerprint density at radius 1 is 1.11 bits per heavy atom. The number of carbonyl (C=O) groups is 2. The fourth-order valence-electron chi connectivity index (χ4n) is 4.82. The molecule has 206 valence electrons. The molecular weight excluding hydrogens is 533 g/mol. The molecule has 1 saturated carbocycles. The summed E-state index contributed by atoms with van der Waals surface area (Å²) in [6.07, 6.45) is -1.61. The van der Waals surface area contributed by atoms with E-state index in [0.717, 1.165) is 12.3 Å². The van der Waals surface area contributed by atoms with Crippen LogP contribution in [0.3, 0.4) is 0 Å². The van der Waals surface area contributed by atoms with Gasteiger partial charge in [0.1, 0.15) is 17.7 Å². The first-order valence-corrected chi connectivity index (χ1v) is 13.8. The third-order valence-corrected chi connectivity index (χ3v) is 8.19. The number of carbonyl (C=O) groups excluding carboxylic acids is 2. The van der Waals surface area contributed by atoms with Crippen molar-refractivity contribution in [3.8, 4) is 0 Å². The second-order valence-electron chi connectivity index (χ2n) is 10.0. The van der Waals surface area contributed by atoms with Crippen molar-refractivity contribution in [1.82, 2.24) is 15.2 Å². The van der Waals surface area contributed by atoms with Crippen LogP contribution in [0.5, 0.6) is 0 Å². The molecule has 1 aromatic heterocycles. The van der Waals surface area contributed by atoms with E-state index < -0.39 is 68.7 Å². The lowest BCUT2D eigenvalue weighted by Gasteiger charge is -2.30. The summed E-state index contributed by atoms with van der Waals surface area (Å²) in [5.41, 5.74) is -2.12. The lowest BCUT2D eigenvalue weighted by Crippen LogP contribution is -2.49. The van der Waals surface area contributed by atoms with Gasteiger partial charge in [-0.05, 0) is 62.3 Å². The summed E-state index contributed by atoms with van der Waals surface area (Å²) in [5.74, 6) is -4.64. The van der Waals surface area contributed by atoms with E-state index in [1.165, 1.54) is 17.2 Å². The van der Waals surface area contributed by atoms with Crippen LogP contribution < -0.4 is 5.32 Å². The summed E-state index contributed by atoms with van der Waals surface area (Å²) in [4.78, 5) is 32.0. The second-order valence-corrected chi connectivity index (χ2v) is 12.0. The number of amides is 2. The minimum absolute atomic E-state index is 0.00812. The molecule has 38 heavy (non-hydrogen) atoms. The van der Waals surface area contributed by atoms with Crippen molar-refractivity contribution in [3.05, 3.63) is 58.8 Å². The molecule has 4 atom stereocenters. The van der Waals surface area contributed by atoms with Gasteiger partial charge in [0.15, 0.2) is 14.9 Å². The van der Waals surface area contributed by atoms with Gasteiger partial charge in [-0.15, -0.1) is 0 Å². The smallest absolute Gasteiger partial charge is 0.347 e. The van der Waals surface area contributed by atoms with Gasteiger partial charge in [0, 0.05) is 29.6 Å². The number of hydrogen-bond donors (Lipinski definition) is 1. The van der Waals surface area contributed by atoms with E-state index in [1.807, 2.05) is 6.92 Å². The Kier molecular flexibility index (Phi) is 7.28. The summed E-state index contributed by atoms with van der Waals surface area (Å²) >= 11 is 0. The lowest BCUT2D eigenvalue weighted by molar-refractivity contribution is -0.140. The van der Waals surface area contributed by atoms with Crippen molar-refractivity contribution in [2.75, 3.05) is 6.26 Å². The van der Waals surface area contributed by atoms with Crippen LogP contribution in [0.2, 0.25) is 0 Å². The molecule has 1 N–H and O–H groups in total. The molecule has 2 fully saturated rings. The quantitative estimate of drug-likeness (QED) is 0.533. The predicted molar refractivity (Wildman–Crippen MR) is 126 cm³/mol. The standard InChI is InChI=1S/C25H26F5N3O4S/c1-12-8-20(33(13(12)2)24(35)15-6-7-31-21(9-15)38(3,36)37)23(34)32-22(14-4-5-14)16-10-19(27)17(11-18(16)26)25(28,29)30/h6-7,9-14,20,22H,4-5,8H2,1-3H3,(H,32,34)/t12-,13-,20-,22?/m1/s1. The van der Waals surface area contributed by atoms with Crippen LogP contribution in [0.25, 0.3) is 0 Å². The Labute approximate surface area is 216 Å². The molecular formula is C25H26F5N3O4S. The Morgan fingerprint density at radius 2 is 1.76 bits per heavy atom. The fourth-order valence-corrected chi connectivity index (χ4v) is 5.41. The highest BCUT2D eigenvalue weighted by Gasteiger charge is 2.45. The van der Waals surface area contributed by atoms with E-state index >= 15 is 0 Å². The largest absolute Gasteiger partial charge is 0.419 e. The molecule has 7 nitrogen and oxygen atoms in total. The molecule has 2 aliphatic rings. The van der Waals surface area contributed by atoms with Crippen molar-refractivity contribution in [1.29, 1.82) is 0 Å². The van der Waals surface area contributed by atoms with E-state index in [9.17, 15) is 40.0 Å². The maximum Gasteiger partial charge on any atom is 0.419 e. The molecule has 4 rings (SSSR count). The number of rotatable bonds is 6. The summed E-state index contributed by atoms with van der Waals surface area (Å²) in [6, 6.07) is 0.474. The number of pyridine rings is 1. The lowest BCUT2D eigenvalue weighted by atomic mass is 9.98. The van der Waals surface area contributed by atoms with E-state index in [4.69, 9.17) is 0 Å². The van der Waals surface area contributed by atoms with Crippen LogP contribution in [0.15, 0.2) is 35.5 Å². The molecule has 1 saturated heterocycles. The predicted octanol–water partition coefficient (Wildman–Crippen LogP) is 4.29. The molecule has 1 aliphatic heterocycles. The van der Waals surface area contributed by atoms with E-state index in [2.05, 4.69) is 10.3 Å². The van der Waals surface area contributed by atoms with Crippen LogP contribution in [-0.4, -0.2) is 48.5 Å². The summed E-state index contributed by atoms with van der Waals surface area (Å²) < 4.78 is 91.9. The topological polar surface area (TPSA) is 96.4 Å². The van der Waals surface area contributed by atoms with Gasteiger partial charge in [0.05, 0.1) is 11.6 Å². The number of sulfone groups is 1. The monoisotopic (exact) mass is 559 g/mol. The van der Waals surface area contributed by atoms with Crippen molar-refractivity contribution >= 4 is 21.7 Å². The average Bonchev–Trinajstić information content (AvgIpc) is 3.62. The Bertz CT molecular complexity index is 1380. The third kappa shape index (κ3) is 5.52. The van der Waals surface area contributed by atoms with Crippen molar-refractivity contribution in [3.63, 3.8) is 0 Å². The summed E-state index contributed by atoms with van der Waals surface area (Å²) in [7, 11) is -3.70. The highest BCUT2D eigenvalue weighted by atomic mass is 32.2. The van der Waals surface area contributed by atoms with Crippen LogP contribution in [0, 0.1) is 23.5 Å². The van der Waals surface area contributed by atoms with E-state index in [-0.39, 0.29) is 34.9 Å². The molecule has 1 aliphatic carbocycles. The van der Waals surface area contributed by atoms with Crippen LogP contribution in [0.1, 0.15) is 60.6 Å². The number of aromatic nitrogens is 1. The zero-order valence-corrected chi connectivity index (χ0v) is 21.5. The summed E-state index contributed by atoms with van der Waals surface area (Å²) in [5, 5.41) is 2.34. The molecule has 2 heterocycles. The van der Waals surface area contributed by atoms with Gasteiger partial charge < -0.3 is 10.2 Å². The van der Waals surface area contributed by atoms with Crippen LogP contribution in [0.4, 0.5) is 22.0 Å². The normalized spacial score (nSPS) is 22.8. The number of halogens is 5. The van der Waals surface area contributed by atoms with Gasteiger partial charge in [-0.3, -0.25) is 9.59 Å². The Hall–Kier alpha value is -3.09. The molecule has 1 aromatic carbocycles. The minimum Gasteiger partial charge on any atom is -0.347 e.